The molecular formula is C25H28N2O3. The highest BCUT2D eigenvalue weighted by Crippen LogP contribution is 2.27. The molecule has 0 atom stereocenters. The molecule has 0 spiro atoms. The maximum absolute atomic E-state index is 9.00. The summed E-state index contributed by atoms with van der Waals surface area (Å²) in [7, 11) is 1.89. The van der Waals surface area contributed by atoms with Crippen molar-refractivity contribution in [3.63, 3.8) is 0 Å². The number of aromatic nitrogens is 1. The van der Waals surface area contributed by atoms with Crippen molar-refractivity contribution in [1.29, 1.82) is 0 Å². The van der Waals surface area contributed by atoms with Gasteiger partial charge in [0.2, 0.25) is 0 Å². The molecule has 0 saturated carbocycles. The lowest BCUT2D eigenvalue weighted by atomic mass is 10.0. The van der Waals surface area contributed by atoms with E-state index in [0.717, 1.165) is 49.9 Å². The molecule has 4 rings (SSSR count). The van der Waals surface area contributed by atoms with E-state index in [1.54, 1.807) is 0 Å². The summed E-state index contributed by atoms with van der Waals surface area (Å²) < 4.78 is 6.02. The Morgan fingerprint density at radius 3 is 2.43 bits per heavy atom. The van der Waals surface area contributed by atoms with Crippen LogP contribution in [0, 0.1) is 0 Å². The highest BCUT2D eigenvalue weighted by molar-refractivity contribution is 5.63. The predicted octanol–water partition coefficient (Wildman–Crippen LogP) is 4.53. The first-order chi connectivity index (χ1) is 14.5. The number of anilines is 1. The molecule has 5 nitrogen and oxygen atoms in total. The van der Waals surface area contributed by atoms with E-state index < -0.39 is 5.97 Å². The van der Waals surface area contributed by atoms with Gasteiger partial charge in [-0.1, -0.05) is 36.4 Å². The molecule has 3 aromatic rings. The van der Waals surface area contributed by atoms with E-state index in [2.05, 4.69) is 52.8 Å². The van der Waals surface area contributed by atoms with Crippen LogP contribution in [0.1, 0.15) is 34.9 Å². The molecule has 1 aromatic heterocycles. The van der Waals surface area contributed by atoms with Gasteiger partial charge in [0.05, 0.1) is 6.61 Å². The summed E-state index contributed by atoms with van der Waals surface area (Å²) in [5.74, 6) is 1.01. The maximum Gasteiger partial charge on any atom is 0.300 e. The Morgan fingerprint density at radius 1 is 1.00 bits per heavy atom. The zero-order valence-corrected chi connectivity index (χ0v) is 17.5. The summed E-state index contributed by atoms with van der Waals surface area (Å²) in [4.78, 5) is 13.5. The molecule has 0 amide bonds. The zero-order valence-electron chi connectivity index (χ0n) is 17.5. The van der Waals surface area contributed by atoms with E-state index in [9.17, 15) is 0 Å². The predicted molar refractivity (Wildman–Crippen MR) is 119 cm³/mol. The number of aryl methyl sites for hydroxylation is 2. The molecule has 0 aliphatic heterocycles. The molecule has 0 bridgehead atoms. The van der Waals surface area contributed by atoms with Crippen LogP contribution in [0.25, 0.3) is 0 Å². The topological polar surface area (TPSA) is 71.5 Å². The summed E-state index contributed by atoms with van der Waals surface area (Å²) in [6, 6.07) is 21.4. The number of hydrogen-bond acceptors (Lipinski definition) is 4. The van der Waals surface area contributed by atoms with Crippen LogP contribution in [-0.4, -0.2) is 29.7 Å². The van der Waals surface area contributed by atoms with Gasteiger partial charge in [0.15, 0.2) is 0 Å². The van der Waals surface area contributed by atoms with Crippen molar-refractivity contribution in [2.24, 2.45) is 0 Å². The minimum absolute atomic E-state index is 0.634. The van der Waals surface area contributed by atoms with Crippen molar-refractivity contribution in [3.8, 4) is 5.75 Å². The Labute approximate surface area is 177 Å². The van der Waals surface area contributed by atoms with Crippen LogP contribution < -0.4 is 10.1 Å². The Morgan fingerprint density at radius 2 is 1.70 bits per heavy atom. The van der Waals surface area contributed by atoms with Gasteiger partial charge in [0, 0.05) is 26.1 Å². The molecule has 2 aromatic carbocycles. The first kappa shape index (κ1) is 21.4. The molecule has 30 heavy (non-hydrogen) atoms. The molecule has 0 unspecified atom stereocenters. The molecule has 2 N–H and O–H groups in total. The highest BCUT2D eigenvalue weighted by atomic mass is 16.5. The summed E-state index contributed by atoms with van der Waals surface area (Å²) in [5.41, 5.74) is 6.79. The van der Waals surface area contributed by atoms with E-state index in [-0.39, 0.29) is 0 Å². The van der Waals surface area contributed by atoms with Gasteiger partial charge in [-0.25, -0.2) is 4.98 Å². The number of aliphatic carboxylic acids is 1. The summed E-state index contributed by atoms with van der Waals surface area (Å²) >= 11 is 0. The van der Waals surface area contributed by atoms with Crippen LogP contribution in [0.15, 0.2) is 60.7 Å². The van der Waals surface area contributed by atoms with Gasteiger partial charge < -0.3 is 15.2 Å². The van der Waals surface area contributed by atoms with Gasteiger partial charge in [-0.05, 0) is 65.8 Å². The van der Waals surface area contributed by atoms with E-state index >= 15 is 0 Å². The van der Waals surface area contributed by atoms with E-state index in [4.69, 9.17) is 14.6 Å². The summed E-state index contributed by atoms with van der Waals surface area (Å²) in [6.45, 7) is 1.72. The number of fused-ring (bicyclic) bond motifs is 2. The van der Waals surface area contributed by atoms with Gasteiger partial charge in [-0.2, -0.15) is 0 Å². The smallest absolute Gasteiger partial charge is 0.300 e. The van der Waals surface area contributed by atoms with Gasteiger partial charge in [0.1, 0.15) is 11.6 Å². The number of nitrogens with one attached hydrogen (secondary N) is 1. The zero-order chi connectivity index (χ0) is 21.3. The highest BCUT2D eigenvalue weighted by Gasteiger charge is 2.13. The van der Waals surface area contributed by atoms with Crippen molar-refractivity contribution < 1.29 is 14.6 Å². The second kappa shape index (κ2) is 10.4. The van der Waals surface area contributed by atoms with Crippen molar-refractivity contribution in [2.45, 2.75) is 32.6 Å². The van der Waals surface area contributed by atoms with Crippen LogP contribution >= 0.6 is 0 Å². The standard InChI is InChI=1S/C23H24N2O.C2H4O2/c1-24-23-8-4-7-21(25-23)13-14-26-22-12-11-18-10-9-17-5-2-3-6-19(17)15-20(18)16-22;1-2(3)4/h2-8,11-12,16H,9-10,13-15H2,1H3,(H,24,25);1H3,(H,3,4). The number of rotatable bonds is 5. The Balaban J connectivity index is 0.000000589. The number of carbonyl (C=O) groups is 1. The van der Waals surface area contributed by atoms with Crippen LogP contribution in [0.2, 0.25) is 0 Å². The van der Waals surface area contributed by atoms with Crippen LogP contribution in [0.5, 0.6) is 5.75 Å². The fourth-order valence-corrected chi connectivity index (χ4v) is 3.58. The number of ether oxygens (including phenoxy) is 1. The van der Waals surface area contributed by atoms with Crippen molar-refractivity contribution in [2.75, 3.05) is 19.0 Å². The minimum atomic E-state index is -0.833. The quantitative estimate of drug-likeness (QED) is 0.654. The Kier molecular flexibility index (Phi) is 7.44. The van der Waals surface area contributed by atoms with Gasteiger partial charge in [-0.3, -0.25) is 4.79 Å². The SMILES string of the molecule is CC(=O)O.CNc1cccc(CCOc2ccc3c(c2)Cc2ccccc2CC3)n1. The number of carboxylic acid groups (broad SMARTS) is 1. The average molecular weight is 405 g/mol. The average Bonchev–Trinajstić information content (AvgIpc) is 2.92. The van der Waals surface area contributed by atoms with Gasteiger partial charge >= 0.3 is 0 Å². The lowest BCUT2D eigenvalue weighted by Crippen LogP contribution is -2.05. The maximum atomic E-state index is 9.00. The Bertz CT molecular complexity index is 997. The molecular weight excluding hydrogens is 376 g/mol. The third-order valence-electron chi connectivity index (χ3n) is 5.03. The molecule has 0 radical (unpaired) electrons. The fourth-order valence-electron chi connectivity index (χ4n) is 3.58. The molecule has 1 heterocycles. The number of nitrogens with zero attached hydrogens (tertiary/aromatic N) is 1. The summed E-state index contributed by atoms with van der Waals surface area (Å²) in [6.07, 6.45) is 4.02. The molecule has 1 aliphatic rings. The van der Waals surface area contributed by atoms with E-state index in [1.807, 2.05) is 25.2 Å². The lowest BCUT2D eigenvalue weighted by molar-refractivity contribution is -0.134. The number of benzene rings is 2. The first-order valence-electron chi connectivity index (χ1n) is 10.2. The minimum Gasteiger partial charge on any atom is -0.493 e. The van der Waals surface area contributed by atoms with Crippen LogP contribution in [0.4, 0.5) is 5.82 Å². The third-order valence-corrected chi connectivity index (χ3v) is 5.03. The molecule has 0 fully saturated rings. The van der Waals surface area contributed by atoms with Gasteiger partial charge in [-0.15, -0.1) is 0 Å². The number of carboxylic acids is 1. The molecule has 0 saturated heterocycles. The monoisotopic (exact) mass is 404 g/mol. The van der Waals surface area contributed by atoms with Gasteiger partial charge in [0.25, 0.3) is 5.97 Å². The fraction of sp³-hybridized carbons (Fsp3) is 0.280. The number of hydrogen-bond donors (Lipinski definition) is 2. The van der Waals surface area contributed by atoms with Crippen LogP contribution in [-0.2, 0) is 30.5 Å². The number of pyridine rings is 1. The molecule has 5 heteroatoms. The van der Waals surface area contributed by atoms with Crippen molar-refractivity contribution in [3.05, 3.63) is 88.6 Å². The van der Waals surface area contributed by atoms with E-state index in [0.29, 0.717) is 6.61 Å². The second-order valence-corrected chi connectivity index (χ2v) is 7.26. The first-order valence-corrected chi connectivity index (χ1v) is 10.2. The van der Waals surface area contributed by atoms with Crippen LogP contribution in [0.3, 0.4) is 0 Å². The molecule has 1 aliphatic carbocycles. The summed E-state index contributed by atoms with van der Waals surface area (Å²) in [5, 5.41) is 10.5. The van der Waals surface area contributed by atoms with Crippen molar-refractivity contribution in [1.82, 2.24) is 4.98 Å². The second-order valence-electron chi connectivity index (χ2n) is 7.26. The largest absolute Gasteiger partial charge is 0.493 e. The van der Waals surface area contributed by atoms with Crippen molar-refractivity contribution >= 4 is 11.8 Å². The Hall–Kier alpha value is -3.34. The third kappa shape index (κ3) is 6.08. The molecule has 156 valence electrons. The normalized spacial score (nSPS) is 11.8. The lowest BCUT2D eigenvalue weighted by Gasteiger charge is -2.11. The van der Waals surface area contributed by atoms with E-state index in [1.165, 1.54) is 22.3 Å².